The second kappa shape index (κ2) is 4.62. The van der Waals surface area contributed by atoms with Gasteiger partial charge in [0.1, 0.15) is 0 Å². The molecular formula is C10H15BrN2S. The number of halogens is 1. The van der Waals surface area contributed by atoms with E-state index in [-0.39, 0.29) is 0 Å². The topological polar surface area (TPSA) is 16.1 Å². The first kappa shape index (κ1) is 10.4. The summed E-state index contributed by atoms with van der Waals surface area (Å²) in [5, 5.41) is 4.21. The maximum Gasteiger partial charge on any atom is 0.185 e. The Balaban J connectivity index is 2.12. The van der Waals surface area contributed by atoms with Crippen LogP contribution in [0.3, 0.4) is 0 Å². The summed E-state index contributed by atoms with van der Waals surface area (Å²) in [6.45, 7) is 3.48. The fourth-order valence-electron chi connectivity index (χ4n) is 1.87. The molecule has 0 bridgehead atoms. The van der Waals surface area contributed by atoms with Gasteiger partial charge in [0, 0.05) is 23.3 Å². The van der Waals surface area contributed by atoms with Crippen LogP contribution in [0.25, 0.3) is 0 Å². The third-order valence-corrected chi connectivity index (χ3v) is 4.23. The lowest BCUT2D eigenvalue weighted by Gasteiger charge is -2.33. The minimum atomic E-state index is 0.665. The Morgan fingerprint density at radius 3 is 3.14 bits per heavy atom. The lowest BCUT2D eigenvalue weighted by Crippen LogP contribution is -2.37. The summed E-state index contributed by atoms with van der Waals surface area (Å²) in [6, 6.07) is 0.665. The van der Waals surface area contributed by atoms with Crippen molar-refractivity contribution < 1.29 is 0 Å². The van der Waals surface area contributed by atoms with Gasteiger partial charge in [0.2, 0.25) is 0 Å². The van der Waals surface area contributed by atoms with Crippen LogP contribution in [-0.4, -0.2) is 17.6 Å². The van der Waals surface area contributed by atoms with Crippen molar-refractivity contribution in [3.63, 3.8) is 0 Å². The Morgan fingerprint density at radius 2 is 2.50 bits per heavy atom. The summed E-state index contributed by atoms with van der Waals surface area (Å²) in [5.41, 5.74) is 1.16. The molecule has 0 saturated carbocycles. The number of nitrogens with zero attached hydrogens (tertiary/aromatic N) is 2. The Labute approximate surface area is 97.5 Å². The van der Waals surface area contributed by atoms with Crippen LogP contribution >= 0.6 is 27.3 Å². The van der Waals surface area contributed by atoms with Gasteiger partial charge in [-0.1, -0.05) is 15.9 Å². The van der Waals surface area contributed by atoms with Gasteiger partial charge in [-0.3, -0.25) is 0 Å². The number of hydrogen-bond acceptors (Lipinski definition) is 3. The minimum absolute atomic E-state index is 0.665. The van der Waals surface area contributed by atoms with E-state index in [9.17, 15) is 0 Å². The largest absolute Gasteiger partial charge is 0.345 e. The molecule has 14 heavy (non-hydrogen) atoms. The normalized spacial score (nSPS) is 22.7. The summed E-state index contributed by atoms with van der Waals surface area (Å²) >= 11 is 5.20. The first-order valence-corrected chi connectivity index (χ1v) is 7.08. The van der Waals surface area contributed by atoms with Crippen molar-refractivity contribution in [2.45, 2.75) is 37.6 Å². The molecule has 4 heteroatoms. The zero-order chi connectivity index (χ0) is 9.97. The van der Waals surface area contributed by atoms with Crippen LogP contribution in [0.4, 0.5) is 5.13 Å². The maximum atomic E-state index is 4.60. The van der Waals surface area contributed by atoms with E-state index in [2.05, 4.69) is 38.1 Å². The summed E-state index contributed by atoms with van der Waals surface area (Å²) in [4.78, 5) is 7.05. The van der Waals surface area contributed by atoms with Crippen molar-refractivity contribution in [1.82, 2.24) is 4.98 Å². The standard InChI is InChI=1S/C10H15BrN2S/c1-8-4-2-3-5-13(8)10-12-9(6-11)7-14-10/h7-8H,2-6H2,1H3. The Hall–Kier alpha value is -0.0900. The second-order valence-corrected chi connectivity index (χ2v) is 5.19. The Kier molecular flexibility index (Phi) is 3.44. The van der Waals surface area contributed by atoms with Crippen molar-refractivity contribution >= 4 is 32.4 Å². The molecule has 1 aliphatic heterocycles. The summed E-state index contributed by atoms with van der Waals surface area (Å²) in [6.07, 6.45) is 3.99. The molecule has 2 nitrogen and oxygen atoms in total. The van der Waals surface area contributed by atoms with Crippen LogP contribution in [0.2, 0.25) is 0 Å². The summed E-state index contributed by atoms with van der Waals surface area (Å²) < 4.78 is 0. The van der Waals surface area contributed by atoms with E-state index >= 15 is 0 Å². The molecule has 0 radical (unpaired) electrons. The molecular weight excluding hydrogens is 260 g/mol. The average molecular weight is 275 g/mol. The number of piperidine rings is 1. The smallest absolute Gasteiger partial charge is 0.185 e. The molecule has 1 saturated heterocycles. The highest BCUT2D eigenvalue weighted by Gasteiger charge is 2.20. The number of thiazole rings is 1. The highest BCUT2D eigenvalue weighted by molar-refractivity contribution is 9.08. The van der Waals surface area contributed by atoms with E-state index in [0.29, 0.717) is 6.04 Å². The van der Waals surface area contributed by atoms with Crippen molar-refractivity contribution in [3.05, 3.63) is 11.1 Å². The van der Waals surface area contributed by atoms with Gasteiger partial charge in [0.05, 0.1) is 5.69 Å². The van der Waals surface area contributed by atoms with E-state index in [1.807, 2.05) is 0 Å². The van der Waals surface area contributed by atoms with Crippen LogP contribution in [-0.2, 0) is 5.33 Å². The monoisotopic (exact) mass is 274 g/mol. The third kappa shape index (κ3) is 2.11. The molecule has 1 fully saturated rings. The van der Waals surface area contributed by atoms with E-state index in [1.165, 1.54) is 30.9 Å². The van der Waals surface area contributed by atoms with Crippen LogP contribution in [0.5, 0.6) is 0 Å². The van der Waals surface area contributed by atoms with Gasteiger partial charge in [-0.2, -0.15) is 0 Å². The van der Waals surface area contributed by atoms with Crippen molar-refractivity contribution in [1.29, 1.82) is 0 Å². The summed E-state index contributed by atoms with van der Waals surface area (Å²) in [5.74, 6) is 0. The van der Waals surface area contributed by atoms with Crippen molar-refractivity contribution in [3.8, 4) is 0 Å². The van der Waals surface area contributed by atoms with Gasteiger partial charge in [0.25, 0.3) is 0 Å². The van der Waals surface area contributed by atoms with Gasteiger partial charge >= 0.3 is 0 Å². The number of aromatic nitrogens is 1. The molecule has 0 spiro atoms. The predicted octanol–water partition coefficient (Wildman–Crippen LogP) is 3.42. The van der Waals surface area contributed by atoms with Crippen molar-refractivity contribution in [2.75, 3.05) is 11.4 Å². The molecule has 2 rings (SSSR count). The highest BCUT2D eigenvalue weighted by Crippen LogP contribution is 2.28. The SMILES string of the molecule is CC1CCCCN1c1nc(CBr)cs1. The second-order valence-electron chi connectivity index (χ2n) is 3.79. The fraction of sp³-hybridized carbons (Fsp3) is 0.700. The molecule has 1 unspecified atom stereocenters. The number of hydrogen-bond donors (Lipinski definition) is 0. The molecule has 0 aromatic carbocycles. The van der Waals surface area contributed by atoms with Gasteiger partial charge < -0.3 is 4.90 Å². The number of anilines is 1. The maximum absolute atomic E-state index is 4.60. The van der Waals surface area contributed by atoms with Crippen LogP contribution in [0.1, 0.15) is 31.9 Å². The Bertz CT molecular complexity index is 300. The van der Waals surface area contributed by atoms with Gasteiger partial charge in [-0.25, -0.2) is 4.98 Å². The van der Waals surface area contributed by atoms with E-state index in [1.54, 1.807) is 11.3 Å². The van der Waals surface area contributed by atoms with E-state index in [0.717, 1.165) is 11.0 Å². The fourth-order valence-corrected chi connectivity index (χ4v) is 3.33. The number of alkyl halides is 1. The Morgan fingerprint density at radius 1 is 1.64 bits per heavy atom. The molecule has 1 aromatic rings. The molecule has 0 N–H and O–H groups in total. The third-order valence-electron chi connectivity index (χ3n) is 2.73. The lowest BCUT2D eigenvalue weighted by atomic mass is 10.1. The first-order valence-electron chi connectivity index (χ1n) is 5.08. The lowest BCUT2D eigenvalue weighted by molar-refractivity contribution is 0.484. The van der Waals surface area contributed by atoms with Crippen LogP contribution in [0, 0.1) is 0 Å². The molecule has 0 aliphatic carbocycles. The quantitative estimate of drug-likeness (QED) is 0.769. The highest BCUT2D eigenvalue weighted by atomic mass is 79.9. The van der Waals surface area contributed by atoms with Crippen molar-refractivity contribution in [2.24, 2.45) is 0 Å². The zero-order valence-corrected chi connectivity index (χ0v) is 10.8. The van der Waals surface area contributed by atoms with Crippen LogP contribution in [0.15, 0.2) is 5.38 Å². The minimum Gasteiger partial charge on any atom is -0.345 e. The van der Waals surface area contributed by atoms with E-state index < -0.39 is 0 Å². The molecule has 78 valence electrons. The zero-order valence-electron chi connectivity index (χ0n) is 8.37. The average Bonchev–Trinajstić information content (AvgIpc) is 2.67. The molecule has 1 aromatic heterocycles. The number of rotatable bonds is 2. The van der Waals surface area contributed by atoms with Gasteiger partial charge in [-0.05, 0) is 26.2 Å². The summed E-state index contributed by atoms with van der Waals surface area (Å²) in [7, 11) is 0. The van der Waals surface area contributed by atoms with Crippen LogP contribution < -0.4 is 4.90 Å². The van der Waals surface area contributed by atoms with Gasteiger partial charge in [-0.15, -0.1) is 11.3 Å². The van der Waals surface area contributed by atoms with E-state index in [4.69, 9.17) is 0 Å². The molecule has 0 amide bonds. The molecule has 2 heterocycles. The predicted molar refractivity (Wildman–Crippen MR) is 65.4 cm³/mol. The molecule has 1 aliphatic rings. The molecule has 1 atom stereocenters. The first-order chi connectivity index (χ1) is 6.81. The van der Waals surface area contributed by atoms with Gasteiger partial charge in [0.15, 0.2) is 5.13 Å².